The summed E-state index contributed by atoms with van der Waals surface area (Å²) in [6, 6.07) is 12.5. The van der Waals surface area contributed by atoms with Gasteiger partial charge in [-0.3, -0.25) is 9.58 Å². The van der Waals surface area contributed by atoms with E-state index < -0.39 is 0 Å². The van der Waals surface area contributed by atoms with Gasteiger partial charge in [0.1, 0.15) is 35.1 Å². The molecule has 0 amide bonds. The molecule has 1 atom stereocenters. The molecule has 11 heteroatoms. The summed E-state index contributed by atoms with van der Waals surface area (Å²) < 4.78 is 21.5. The zero-order chi connectivity index (χ0) is 28.6. The first-order chi connectivity index (χ1) is 20.5. The van der Waals surface area contributed by atoms with E-state index in [1.165, 1.54) is 34.6 Å². The van der Waals surface area contributed by atoms with E-state index in [-0.39, 0.29) is 12.4 Å². The number of nitrogens with one attached hydrogen (secondary N) is 2. The number of ether oxygens (including phenoxy) is 1. The number of hydrogen-bond acceptors (Lipinski definition) is 8. The Balaban J connectivity index is 1.09. The van der Waals surface area contributed by atoms with Crippen LogP contribution in [0.3, 0.4) is 0 Å². The number of hydrogen-bond donors (Lipinski definition) is 2. The first kappa shape index (κ1) is 27.3. The third kappa shape index (κ3) is 5.47. The Bertz CT molecular complexity index is 1750. The van der Waals surface area contributed by atoms with Gasteiger partial charge in [0.05, 0.1) is 22.6 Å². The van der Waals surface area contributed by atoms with E-state index in [2.05, 4.69) is 36.4 Å². The van der Waals surface area contributed by atoms with Gasteiger partial charge in [-0.05, 0) is 74.3 Å². The molecule has 7 rings (SSSR count). The van der Waals surface area contributed by atoms with Gasteiger partial charge < -0.3 is 15.4 Å². The number of rotatable bonds is 9. The van der Waals surface area contributed by atoms with Crippen LogP contribution in [0.1, 0.15) is 23.2 Å². The van der Waals surface area contributed by atoms with E-state index in [0.717, 1.165) is 72.0 Å². The average molecular weight is 604 g/mol. The smallest absolute Gasteiger partial charge is 0.142 e. The minimum absolute atomic E-state index is 0.228. The lowest BCUT2D eigenvalue weighted by Gasteiger charge is -2.15. The molecule has 1 fully saturated rings. The largest absolute Gasteiger partial charge is 0.487 e. The number of likely N-dealkylation sites (tertiary alicyclic amines) is 1. The van der Waals surface area contributed by atoms with Crippen molar-refractivity contribution in [1.82, 2.24) is 30.0 Å². The molecule has 1 saturated heterocycles. The van der Waals surface area contributed by atoms with Crippen molar-refractivity contribution >= 4 is 44.7 Å². The summed E-state index contributed by atoms with van der Waals surface area (Å²) in [6.45, 7) is 4.36. The third-order valence-corrected chi connectivity index (χ3v) is 9.55. The Morgan fingerprint density at radius 3 is 2.90 bits per heavy atom. The first-order valence-corrected chi connectivity index (χ1v) is 15.4. The van der Waals surface area contributed by atoms with Crippen molar-refractivity contribution in [1.29, 1.82) is 0 Å². The monoisotopic (exact) mass is 603 g/mol. The van der Waals surface area contributed by atoms with Crippen LogP contribution in [0.5, 0.6) is 5.75 Å². The highest BCUT2D eigenvalue weighted by atomic mass is 35.5. The first-order valence-electron chi connectivity index (χ1n) is 14.2. The number of anilines is 2. The maximum absolute atomic E-state index is 13.5. The highest BCUT2D eigenvalue weighted by molar-refractivity contribution is 7.22. The summed E-state index contributed by atoms with van der Waals surface area (Å²) in [6.07, 6.45) is 6.80. The molecular weight excluding hydrogens is 573 g/mol. The normalized spacial score (nSPS) is 16.5. The van der Waals surface area contributed by atoms with E-state index >= 15 is 0 Å². The van der Waals surface area contributed by atoms with Crippen molar-refractivity contribution in [3.05, 3.63) is 82.6 Å². The van der Waals surface area contributed by atoms with Gasteiger partial charge >= 0.3 is 0 Å². The second-order valence-corrected chi connectivity index (χ2v) is 12.2. The van der Waals surface area contributed by atoms with Crippen LogP contribution in [-0.4, -0.2) is 57.4 Å². The van der Waals surface area contributed by atoms with Gasteiger partial charge in [0.2, 0.25) is 0 Å². The van der Waals surface area contributed by atoms with Crippen LogP contribution in [0.15, 0.2) is 55.0 Å². The number of nitrogens with zero attached hydrogens (tertiary/aromatic N) is 5. The molecule has 8 nitrogen and oxygen atoms in total. The minimum Gasteiger partial charge on any atom is -0.487 e. The van der Waals surface area contributed by atoms with Gasteiger partial charge in [-0.2, -0.15) is 5.10 Å². The molecule has 1 aliphatic carbocycles. The van der Waals surface area contributed by atoms with E-state index in [1.807, 2.05) is 31.3 Å². The highest BCUT2D eigenvalue weighted by Gasteiger charge is 2.27. The lowest BCUT2D eigenvalue weighted by Crippen LogP contribution is -2.31. The molecule has 2 N–H and O–H groups in total. The van der Waals surface area contributed by atoms with E-state index in [0.29, 0.717) is 16.8 Å². The summed E-state index contributed by atoms with van der Waals surface area (Å²) >= 11 is 8.26. The van der Waals surface area contributed by atoms with Crippen molar-refractivity contribution in [3.8, 4) is 16.2 Å². The van der Waals surface area contributed by atoms with Crippen LogP contribution in [0.25, 0.3) is 20.7 Å². The molecule has 5 aromatic rings. The number of thiophene rings is 1. The van der Waals surface area contributed by atoms with Crippen molar-refractivity contribution < 1.29 is 9.13 Å². The molecule has 0 radical (unpaired) electrons. The molecule has 2 aromatic carbocycles. The average Bonchev–Trinajstić information content (AvgIpc) is 3.72. The lowest BCUT2D eigenvalue weighted by atomic mass is 9.95. The Kier molecular flexibility index (Phi) is 7.54. The molecule has 216 valence electrons. The Labute approximate surface area is 252 Å². The van der Waals surface area contributed by atoms with Crippen molar-refractivity contribution in [2.24, 2.45) is 0 Å². The lowest BCUT2D eigenvalue weighted by molar-refractivity contribution is 0.306. The quantitative estimate of drug-likeness (QED) is 0.212. The predicted octanol–water partition coefficient (Wildman–Crippen LogP) is 6.06. The van der Waals surface area contributed by atoms with Crippen LogP contribution < -0.4 is 15.4 Å². The predicted molar refractivity (Wildman–Crippen MR) is 165 cm³/mol. The zero-order valence-corrected chi connectivity index (χ0v) is 24.8. The topological polar surface area (TPSA) is 80.1 Å². The summed E-state index contributed by atoms with van der Waals surface area (Å²) in [5.41, 5.74) is 5.17. The molecule has 0 unspecified atom stereocenters. The van der Waals surface area contributed by atoms with E-state index in [9.17, 15) is 4.39 Å². The summed E-state index contributed by atoms with van der Waals surface area (Å²) in [5.74, 6) is 0.994. The summed E-state index contributed by atoms with van der Waals surface area (Å²) in [4.78, 5) is 13.9. The maximum Gasteiger partial charge on any atom is 0.142 e. The van der Waals surface area contributed by atoms with Crippen molar-refractivity contribution in [2.75, 3.05) is 32.0 Å². The molecule has 2 aliphatic rings. The van der Waals surface area contributed by atoms with Crippen LogP contribution in [0.4, 0.5) is 15.9 Å². The van der Waals surface area contributed by atoms with Crippen LogP contribution in [0.2, 0.25) is 5.02 Å². The number of fused-ring (bicyclic) bond motifs is 5. The second-order valence-electron chi connectivity index (χ2n) is 10.8. The fourth-order valence-electron chi connectivity index (χ4n) is 5.87. The molecule has 4 heterocycles. The molecule has 42 heavy (non-hydrogen) atoms. The summed E-state index contributed by atoms with van der Waals surface area (Å²) in [5, 5.41) is 13.3. The zero-order valence-electron chi connectivity index (χ0n) is 23.2. The number of aromatic nitrogens is 4. The maximum atomic E-state index is 13.5. The van der Waals surface area contributed by atoms with Crippen LogP contribution >= 0.6 is 22.9 Å². The number of aryl methyl sites for hydroxylation is 2. The summed E-state index contributed by atoms with van der Waals surface area (Å²) in [7, 11) is 2.04. The molecule has 0 bridgehead atoms. The van der Waals surface area contributed by atoms with Gasteiger partial charge in [-0.25, -0.2) is 14.4 Å². The third-order valence-electron chi connectivity index (χ3n) is 8.09. The highest BCUT2D eigenvalue weighted by Crippen LogP contribution is 2.45. The number of likely N-dealkylation sites (N-methyl/N-ethyl adjacent to an activating group) is 1. The van der Waals surface area contributed by atoms with E-state index in [1.54, 1.807) is 23.7 Å². The van der Waals surface area contributed by atoms with Crippen molar-refractivity contribution in [3.63, 3.8) is 0 Å². The molecule has 3 aromatic heterocycles. The molecule has 0 spiro atoms. The Morgan fingerprint density at radius 2 is 2.07 bits per heavy atom. The van der Waals surface area contributed by atoms with Gasteiger partial charge in [0, 0.05) is 41.5 Å². The molecule has 0 saturated carbocycles. The number of halogens is 2. The SMILES string of the molecule is CN[C@@H]1CCN(CCn2cc3c(n2)CCc2c-3sc3ncnc(Nc4ccc(OCc5cccc(F)c5)c(Cl)c4)c23)C1. The Hall–Kier alpha value is -3.57. The fourth-order valence-corrected chi connectivity index (χ4v) is 7.33. The second kappa shape index (κ2) is 11.6. The minimum atomic E-state index is -0.292. The molecule has 1 aliphatic heterocycles. The fraction of sp³-hybridized carbons (Fsp3) is 0.323. The van der Waals surface area contributed by atoms with Gasteiger partial charge in [-0.15, -0.1) is 11.3 Å². The van der Waals surface area contributed by atoms with Crippen LogP contribution in [-0.2, 0) is 26.0 Å². The molecular formula is C31H31ClFN7OS. The van der Waals surface area contributed by atoms with Crippen molar-refractivity contribution in [2.45, 2.75) is 38.5 Å². The van der Waals surface area contributed by atoms with E-state index in [4.69, 9.17) is 21.4 Å². The van der Waals surface area contributed by atoms with Crippen LogP contribution in [0, 0.1) is 5.82 Å². The van der Waals surface area contributed by atoms with Gasteiger partial charge in [0.15, 0.2) is 0 Å². The Morgan fingerprint density at radius 1 is 1.14 bits per heavy atom. The standard InChI is InChI=1S/C31H31ClFN7OS/c1-34-22-9-10-39(15-22)11-12-40-16-24-26(38-40)7-6-23-28-30(35-18-36-31(28)42-29(23)24)37-21-5-8-27(25(32)14-21)41-17-19-3-2-4-20(33)13-19/h2-5,8,13-14,16,18,22,34H,6-7,9-12,15,17H2,1H3,(H,35,36,37)/t22-/m1/s1. The van der Waals surface area contributed by atoms with Gasteiger partial charge in [0.25, 0.3) is 0 Å². The number of benzene rings is 2. The van der Waals surface area contributed by atoms with Gasteiger partial charge in [-0.1, -0.05) is 23.7 Å².